The first-order valence-corrected chi connectivity index (χ1v) is 7.92. The van der Waals surface area contributed by atoms with Crippen LogP contribution in [0.25, 0.3) is 0 Å². The maximum Gasteiger partial charge on any atom is 0.0810 e. The van der Waals surface area contributed by atoms with E-state index in [1.54, 1.807) is 0 Å². The number of hydrogen-bond acceptors (Lipinski definition) is 4. The fourth-order valence-electron chi connectivity index (χ4n) is 2.22. The highest BCUT2D eigenvalue weighted by Gasteiger charge is 2.12. The van der Waals surface area contributed by atoms with E-state index < -0.39 is 0 Å². The van der Waals surface area contributed by atoms with Crippen LogP contribution in [0.5, 0.6) is 0 Å². The van der Waals surface area contributed by atoms with Gasteiger partial charge >= 0.3 is 0 Å². The molecule has 0 atom stereocenters. The van der Waals surface area contributed by atoms with Gasteiger partial charge in [-0.25, -0.2) is 0 Å². The molecule has 0 aliphatic rings. The van der Waals surface area contributed by atoms with Crippen LogP contribution in [0, 0.1) is 0 Å². The first kappa shape index (κ1) is 16.6. The van der Waals surface area contributed by atoms with E-state index in [2.05, 4.69) is 50.0 Å². The summed E-state index contributed by atoms with van der Waals surface area (Å²) >= 11 is 1.83. The number of hydrogen-bond donors (Lipinski definition) is 1. The lowest BCUT2D eigenvalue weighted by Gasteiger charge is -2.30. The van der Waals surface area contributed by atoms with Crippen molar-refractivity contribution in [1.82, 2.24) is 10.2 Å². The Morgan fingerprint density at radius 3 is 2.37 bits per heavy atom. The topological polar surface area (TPSA) is 24.5 Å². The van der Waals surface area contributed by atoms with Crippen LogP contribution in [0.2, 0.25) is 0 Å². The molecule has 0 fully saturated rings. The van der Waals surface area contributed by atoms with Gasteiger partial charge in [-0.05, 0) is 46.9 Å². The van der Waals surface area contributed by atoms with E-state index in [0.717, 1.165) is 26.3 Å². The number of rotatable bonds is 9. The smallest absolute Gasteiger partial charge is 0.0810 e. The van der Waals surface area contributed by atoms with E-state index in [1.165, 1.54) is 9.75 Å². The fourth-order valence-corrected chi connectivity index (χ4v) is 3.19. The average Bonchev–Trinajstić information content (AvgIpc) is 2.76. The molecule has 1 aromatic heterocycles. The van der Waals surface area contributed by atoms with Gasteiger partial charge in [0.05, 0.1) is 13.2 Å². The van der Waals surface area contributed by atoms with Crippen molar-refractivity contribution in [3.8, 4) is 0 Å². The molecule has 0 saturated heterocycles. The molecule has 0 radical (unpaired) electrons. The molecule has 0 aliphatic heterocycles. The summed E-state index contributed by atoms with van der Waals surface area (Å²) in [5.74, 6) is 0. The van der Waals surface area contributed by atoms with Crippen LogP contribution in [0.3, 0.4) is 0 Å². The lowest BCUT2D eigenvalue weighted by atomic mass is 10.2. The third kappa shape index (κ3) is 6.04. The Balaban J connectivity index is 2.25. The summed E-state index contributed by atoms with van der Waals surface area (Å²) in [5, 5.41) is 3.17. The molecular formula is C15H28N2OS. The van der Waals surface area contributed by atoms with Gasteiger partial charge in [-0.15, -0.1) is 11.3 Å². The molecular weight excluding hydrogens is 256 g/mol. The molecule has 1 aromatic rings. The van der Waals surface area contributed by atoms with Gasteiger partial charge in [-0.1, -0.05) is 0 Å². The van der Waals surface area contributed by atoms with Crippen LogP contribution in [-0.2, 0) is 17.9 Å². The first-order valence-electron chi connectivity index (χ1n) is 7.10. The Labute approximate surface area is 122 Å². The van der Waals surface area contributed by atoms with Crippen molar-refractivity contribution < 1.29 is 4.74 Å². The first-order chi connectivity index (χ1) is 9.04. The third-order valence-corrected chi connectivity index (χ3v) is 4.19. The highest BCUT2D eigenvalue weighted by atomic mass is 32.1. The molecule has 1 heterocycles. The van der Waals surface area contributed by atoms with Crippen molar-refractivity contribution in [1.29, 1.82) is 0 Å². The van der Waals surface area contributed by atoms with Crippen molar-refractivity contribution in [2.75, 3.05) is 20.2 Å². The molecule has 0 saturated carbocycles. The van der Waals surface area contributed by atoms with Crippen molar-refractivity contribution in [2.45, 2.75) is 52.9 Å². The molecule has 1 N–H and O–H groups in total. The predicted octanol–water partition coefficient (Wildman–Crippen LogP) is 3.10. The van der Waals surface area contributed by atoms with Crippen molar-refractivity contribution in [2.24, 2.45) is 0 Å². The summed E-state index contributed by atoms with van der Waals surface area (Å²) in [6.07, 6.45) is 0. The molecule has 0 spiro atoms. The van der Waals surface area contributed by atoms with Gasteiger partial charge < -0.3 is 10.1 Å². The second-order valence-corrected chi connectivity index (χ2v) is 6.63. The SMILES string of the molecule is CNCc1ccc(COCCN(C(C)C)C(C)C)s1. The molecule has 19 heavy (non-hydrogen) atoms. The lowest BCUT2D eigenvalue weighted by Crippen LogP contribution is -2.39. The molecule has 1 rings (SSSR count). The second-order valence-electron chi connectivity index (χ2n) is 5.38. The maximum absolute atomic E-state index is 5.79. The highest BCUT2D eigenvalue weighted by molar-refractivity contribution is 7.11. The van der Waals surface area contributed by atoms with Gasteiger partial charge in [0, 0.05) is 34.9 Å². The number of thiophene rings is 1. The highest BCUT2D eigenvalue weighted by Crippen LogP contribution is 2.17. The van der Waals surface area contributed by atoms with Gasteiger partial charge in [0.1, 0.15) is 0 Å². The van der Waals surface area contributed by atoms with Crippen molar-refractivity contribution in [3.05, 3.63) is 21.9 Å². The van der Waals surface area contributed by atoms with E-state index in [9.17, 15) is 0 Å². The van der Waals surface area contributed by atoms with Crippen LogP contribution in [0.15, 0.2) is 12.1 Å². The monoisotopic (exact) mass is 284 g/mol. The average molecular weight is 284 g/mol. The molecule has 3 nitrogen and oxygen atoms in total. The predicted molar refractivity (Wildman–Crippen MR) is 83.7 cm³/mol. The largest absolute Gasteiger partial charge is 0.375 e. The normalized spacial score (nSPS) is 12.0. The zero-order chi connectivity index (χ0) is 14.3. The number of nitrogens with zero attached hydrogens (tertiary/aromatic N) is 1. The molecule has 0 aromatic carbocycles. The van der Waals surface area contributed by atoms with Crippen molar-refractivity contribution in [3.63, 3.8) is 0 Å². The quantitative estimate of drug-likeness (QED) is 0.705. The fraction of sp³-hybridized carbons (Fsp3) is 0.733. The van der Waals surface area contributed by atoms with E-state index in [0.29, 0.717) is 12.1 Å². The number of ether oxygens (including phenoxy) is 1. The van der Waals surface area contributed by atoms with E-state index >= 15 is 0 Å². The minimum Gasteiger partial charge on any atom is -0.375 e. The molecule has 110 valence electrons. The second kappa shape index (κ2) is 8.69. The minimum atomic E-state index is 0.576. The zero-order valence-corrected chi connectivity index (χ0v) is 13.7. The molecule has 0 aliphatic carbocycles. The van der Waals surface area contributed by atoms with Gasteiger partial charge in [0.2, 0.25) is 0 Å². The Morgan fingerprint density at radius 2 is 1.79 bits per heavy atom. The van der Waals surface area contributed by atoms with Gasteiger partial charge in [0.15, 0.2) is 0 Å². The Hall–Kier alpha value is -0.420. The summed E-state index contributed by atoms with van der Waals surface area (Å²) in [4.78, 5) is 5.14. The minimum absolute atomic E-state index is 0.576. The molecule has 0 amide bonds. The summed E-state index contributed by atoms with van der Waals surface area (Å²) < 4.78 is 5.79. The van der Waals surface area contributed by atoms with E-state index in [4.69, 9.17) is 4.74 Å². The van der Waals surface area contributed by atoms with Crippen LogP contribution in [0.4, 0.5) is 0 Å². The van der Waals surface area contributed by atoms with Crippen LogP contribution in [-0.4, -0.2) is 37.2 Å². The standard InChI is InChI=1S/C15H28N2OS/c1-12(2)17(13(3)4)8-9-18-11-15-7-6-14(19-15)10-16-5/h6-7,12-13,16H,8-11H2,1-5H3. The Bertz CT molecular complexity index is 342. The van der Waals surface area contributed by atoms with Crippen LogP contribution in [0.1, 0.15) is 37.4 Å². The Morgan fingerprint density at radius 1 is 1.16 bits per heavy atom. The van der Waals surface area contributed by atoms with Gasteiger partial charge in [-0.3, -0.25) is 4.90 Å². The molecule has 0 bridgehead atoms. The third-order valence-electron chi connectivity index (χ3n) is 3.13. The van der Waals surface area contributed by atoms with Crippen LogP contribution >= 0.6 is 11.3 Å². The maximum atomic E-state index is 5.79. The van der Waals surface area contributed by atoms with Crippen LogP contribution < -0.4 is 5.32 Å². The summed E-state index contributed by atoms with van der Waals surface area (Å²) in [6.45, 7) is 12.4. The lowest BCUT2D eigenvalue weighted by molar-refractivity contribution is 0.0711. The summed E-state index contributed by atoms with van der Waals surface area (Å²) in [7, 11) is 1.97. The van der Waals surface area contributed by atoms with Gasteiger partial charge in [0.25, 0.3) is 0 Å². The molecule has 0 unspecified atom stereocenters. The Kier molecular flexibility index (Phi) is 7.61. The zero-order valence-electron chi connectivity index (χ0n) is 12.9. The summed E-state index contributed by atoms with van der Waals surface area (Å²) in [5.41, 5.74) is 0. The van der Waals surface area contributed by atoms with Gasteiger partial charge in [-0.2, -0.15) is 0 Å². The van der Waals surface area contributed by atoms with Crippen molar-refractivity contribution >= 4 is 11.3 Å². The molecule has 4 heteroatoms. The summed E-state index contributed by atoms with van der Waals surface area (Å²) in [6, 6.07) is 5.49. The number of nitrogens with one attached hydrogen (secondary N) is 1. The van der Waals surface area contributed by atoms with E-state index in [1.807, 2.05) is 18.4 Å². The van der Waals surface area contributed by atoms with E-state index in [-0.39, 0.29) is 0 Å².